The van der Waals surface area contributed by atoms with Crippen molar-refractivity contribution >= 4 is 11.9 Å². The van der Waals surface area contributed by atoms with Gasteiger partial charge in [0.25, 0.3) is 0 Å². The fraction of sp³-hybridized carbons (Fsp3) is 0.846. The summed E-state index contributed by atoms with van der Waals surface area (Å²) in [7, 11) is 0. The summed E-state index contributed by atoms with van der Waals surface area (Å²) < 4.78 is 0. The van der Waals surface area contributed by atoms with Crippen LogP contribution in [0.1, 0.15) is 33.6 Å². The zero-order valence-corrected chi connectivity index (χ0v) is 11.5. The number of amides is 1. The molecule has 2 unspecified atom stereocenters. The Morgan fingerprint density at radius 2 is 2.11 bits per heavy atom. The second kappa shape index (κ2) is 6.73. The van der Waals surface area contributed by atoms with Crippen LogP contribution in [0.4, 0.5) is 0 Å². The molecule has 5 heteroatoms. The molecule has 1 saturated heterocycles. The molecule has 5 nitrogen and oxygen atoms in total. The summed E-state index contributed by atoms with van der Waals surface area (Å²) in [5, 5.41) is 12.1. The Morgan fingerprint density at radius 3 is 2.61 bits per heavy atom. The van der Waals surface area contributed by atoms with Gasteiger partial charge in [0.2, 0.25) is 5.91 Å². The maximum absolute atomic E-state index is 12.3. The first kappa shape index (κ1) is 15.0. The van der Waals surface area contributed by atoms with Crippen LogP contribution in [0.5, 0.6) is 0 Å². The van der Waals surface area contributed by atoms with Crippen LogP contribution >= 0.6 is 0 Å². The predicted molar refractivity (Wildman–Crippen MR) is 69.2 cm³/mol. The highest BCUT2D eigenvalue weighted by molar-refractivity contribution is 5.85. The summed E-state index contributed by atoms with van der Waals surface area (Å²) in [4.78, 5) is 24.6. The maximum Gasteiger partial charge on any atom is 0.323 e. The third-order valence-corrected chi connectivity index (χ3v) is 3.19. The number of piperidine rings is 1. The third kappa shape index (κ3) is 4.64. The van der Waals surface area contributed by atoms with Crippen LogP contribution in [0.25, 0.3) is 0 Å². The van der Waals surface area contributed by atoms with Gasteiger partial charge in [0.15, 0.2) is 0 Å². The summed E-state index contributed by atoms with van der Waals surface area (Å²) in [6, 6.07) is -0.216. The van der Waals surface area contributed by atoms with Crippen molar-refractivity contribution in [1.82, 2.24) is 10.2 Å². The molecule has 1 aliphatic rings. The number of carbonyl (C=O) groups is 2. The Kier molecular flexibility index (Phi) is 5.59. The number of carboxylic acid groups (broad SMARTS) is 1. The van der Waals surface area contributed by atoms with Crippen LogP contribution in [0.3, 0.4) is 0 Å². The monoisotopic (exact) mass is 256 g/mol. The fourth-order valence-corrected chi connectivity index (χ4v) is 2.35. The molecule has 0 aliphatic carbocycles. The quantitative estimate of drug-likeness (QED) is 0.768. The highest BCUT2D eigenvalue weighted by Gasteiger charge is 2.29. The molecule has 2 atom stereocenters. The van der Waals surface area contributed by atoms with Gasteiger partial charge in [0.1, 0.15) is 6.54 Å². The minimum Gasteiger partial charge on any atom is -0.480 e. The van der Waals surface area contributed by atoms with E-state index >= 15 is 0 Å². The van der Waals surface area contributed by atoms with E-state index in [1.165, 1.54) is 4.90 Å². The van der Waals surface area contributed by atoms with E-state index in [0.717, 1.165) is 19.4 Å². The molecule has 0 bridgehead atoms. The number of nitrogens with zero attached hydrogens (tertiary/aromatic N) is 1. The Morgan fingerprint density at radius 1 is 1.44 bits per heavy atom. The topological polar surface area (TPSA) is 69.6 Å². The Hall–Kier alpha value is -1.10. The normalized spacial score (nSPS) is 24.0. The number of hydrogen-bond donors (Lipinski definition) is 2. The van der Waals surface area contributed by atoms with Crippen LogP contribution in [-0.2, 0) is 9.59 Å². The first-order valence-electron chi connectivity index (χ1n) is 6.64. The average Bonchev–Trinajstić information content (AvgIpc) is 2.26. The summed E-state index contributed by atoms with van der Waals surface area (Å²) in [5.41, 5.74) is 0. The molecule has 1 amide bonds. The summed E-state index contributed by atoms with van der Waals surface area (Å²) in [6.45, 7) is 7.23. The van der Waals surface area contributed by atoms with E-state index in [0.29, 0.717) is 12.5 Å². The van der Waals surface area contributed by atoms with Crippen molar-refractivity contribution in [3.05, 3.63) is 0 Å². The van der Waals surface area contributed by atoms with Gasteiger partial charge in [0, 0.05) is 6.54 Å². The summed E-state index contributed by atoms with van der Waals surface area (Å²) in [6.07, 6.45) is 1.87. The van der Waals surface area contributed by atoms with Crippen LogP contribution in [0.15, 0.2) is 0 Å². The van der Waals surface area contributed by atoms with Crippen LogP contribution in [0.2, 0.25) is 0 Å². The van der Waals surface area contributed by atoms with Gasteiger partial charge in [-0.1, -0.05) is 20.8 Å². The molecule has 1 aliphatic heterocycles. The van der Waals surface area contributed by atoms with E-state index in [-0.39, 0.29) is 24.4 Å². The van der Waals surface area contributed by atoms with E-state index in [4.69, 9.17) is 5.11 Å². The van der Waals surface area contributed by atoms with Gasteiger partial charge in [-0.05, 0) is 31.2 Å². The van der Waals surface area contributed by atoms with Crippen LogP contribution in [0, 0.1) is 11.8 Å². The predicted octanol–water partition coefficient (Wildman–Crippen LogP) is 0.944. The highest BCUT2D eigenvalue weighted by atomic mass is 16.4. The number of carboxylic acids is 1. The smallest absolute Gasteiger partial charge is 0.323 e. The minimum absolute atomic E-state index is 0.0716. The van der Waals surface area contributed by atoms with Gasteiger partial charge in [-0.15, -0.1) is 0 Å². The molecule has 1 heterocycles. The van der Waals surface area contributed by atoms with E-state index in [2.05, 4.69) is 12.2 Å². The molecule has 0 aromatic rings. The molecule has 2 N–H and O–H groups in total. The van der Waals surface area contributed by atoms with Gasteiger partial charge >= 0.3 is 5.97 Å². The highest BCUT2D eigenvalue weighted by Crippen LogP contribution is 2.17. The Bertz CT molecular complexity index is 305. The number of aliphatic carboxylic acids is 1. The summed E-state index contributed by atoms with van der Waals surface area (Å²) in [5.74, 6) is -0.231. The molecule has 0 radical (unpaired) electrons. The first-order chi connectivity index (χ1) is 8.40. The zero-order valence-electron chi connectivity index (χ0n) is 11.5. The lowest BCUT2D eigenvalue weighted by Crippen LogP contribution is -2.52. The van der Waals surface area contributed by atoms with Crippen molar-refractivity contribution in [3.8, 4) is 0 Å². The standard InChI is InChI=1S/C13H24N2O3/c1-9(2)7-15(8-12(16)17)13(18)11-6-10(3)4-5-14-11/h9-11,14H,4-8H2,1-3H3,(H,16,17). The molecule has 1 fully saturated rings. The molecule has 1 rings (SSSR count). The number of hydrogen-bond acceptors (Lipinski definition) is 3. The number of nitrogens with one attached hydrogen (secondary N) is 1. The lowest BCUT2D eigenvalue weighted by atomic mass is 9.93. The molecule has 0 aromatic carbocycles. The van der Waals surface area contributed by atoms with Crippen molar-refractivity contribution in [1.29, 1.82) is 0 Å². The van der Waals surface area contributed by atoms with Gasteiger partial charge < -0.3 is 15.3 Å². The fourth-order valence-electron chi connectivity index (χ4n) is 2.35. The van der Waals surface area contributed by atoms with Gasteiger partial charge in [-0.2, -0.15) is 0 Å². The minimum atomic E-state index is -0.951. The van der Waals surface area contributed by atoms with Gasteiger partial charge in [-0.25, -0.2) is 0 Å². The number of rotatable bonds is 5. The second-order valence-corrected chi connectivity index (χ2v) is 5.64. The molecule has 0 aromatic heterocycles. The maximum atomic E-state index is 12.3. The Labute approximate surface area is 109 Å². The van der Waals surface area contributed by atoms with Crippen LogP contribution in [-0.4, -0.2) is 47.6 Å². The molecule has 0 spiro atoms. The van der Waals surface area contributed by atoms with Crippen molar-refractivity contribution in [2.24, 2.45) is 11.8 Å². The number of carbonyl (C=O) groups excluding carboxylic acids is 1. The summed E-state index contributed by atoms with van der Waals surface area (Å²) >= 11 is 0. The van der Waals surface area contributed by atoms with Crippen molar-refractivity contribution in [3.63, 3.8) is 0 Å². The molecule has 18 heavy (non-hydrogen) atoms. The van der Waals surface area contributed by atoms with Crippen molar-refractivity contribution < 1.29 is 14.7 Å². The largest absolute Gasteiger partial charge is 0.480 e. The van der Waals surface area contributed by atoms with E-state index in [1.807, 2.05) is 13.8 Å². The van der Waals surface area contributed by atoms with E-state index < -0.39 is 5.97 Å². The second-order valence-electron chi connectivity index (χ2n) is 5.64. The van der Waals surface area contributed by atoms with Crippen molar-refractivity contribution in [2.45, 2.75) is 39.7 Å². The van der Waals surface area contributed by atoms with Gasteiger partial charge in [-0.3, -0.25) is 9.59 Å². The molecular weight excluding hydrogens is 232 g/mol. The lowest BCUT2D eigenvalue weighted by molar-refractivity contribution is -0.146. The van der Waals surface area contributed by atoms with E-state index in [9.17, 15) is 9.59 Å². The third-order valence-electron chi connectivity index (χ3n) is 3.19. The van der Waals surface area contributed by atoms with Crippen LogP contribution < -0.4 is 5.32 Å². The average molecular weight is 256 g/mol. The molecule has 0 saturated carbocycles. The Balaban J connectivity index is 2.64. The van der Waals surface area contributed by atoms with Gasteiger partial charge in [0.05, 0.1) is 6.04 Å². The lowest BCUT2D eigenvalue weighted by Gasteiger charge is -2.32. The molecular formula is C13H24N2O3. The SMILES string of the molecule is CC(C)CN(CC(=O)O)C(=O)C1CC(C)CCN1. The van der Waals surface area contributed by atoms with E-state index in [1.54, 1.807) is 0 Å². The van der Waals surface area contributed by atoms with Crippen molar-refractivity contribution in [2.75, 3.05) is 19.6 Å². The zero-order chi connectivity index (χ0) is 13.7. The molecule has 104 valence electrons. The first-order valence-corrected chi connectivity index (χ1v) is 6.64.